The van der Waals surface area contributed by atoms with Crippen LogP contribution in [0.15, 0.2) is 65.7 Å². The number of amides is 3. The summed E-state index contributed by atoms with van der Waals surface area (Å²) in [6, 6.07) is 19.8. The second-order valence-corrected chi connectivity index (χ2v) is 8.60. The summed E-state index contributed by atoms with van der Waals surface area (Å²) in [6.45, 7) is 0.725. The predicted molar refractivity (Wildman–Crippen MR) is 120 cm³/mol. The Hall–Kier alpha value is -2.80. The van der Waals surface area contributed by atoms with Crippen LogP contribution in [0.1, 0.15) is 17.5 Å². The molecule has 2 aromatic rings. The highest BCUT2D eigenvalue weighted by molar-refractivity contribution is 8.13. The van der Waals surface area contributed by atoms with Crippen LogP contribution >= 0.6 is 11.8 Å². The van der Waals surface area contributed by atoms with Gasteiger partial charge in [0.25, 0.3) is 5.91 Å². The molecular weight excluding hydrogens is 396 g/mol. The highest BCUT2D eigenvalue weighted by Gasteiger charge is 2.48. The van der Waals surface area contributed by atoms with E-state index in [1.165, 1.54) is 16.0 Å². The maximum Gasteiger partial charge on any atom is 0.325 e. The van der Waals surface area contributed by atoms with Gasteiger partial charge in [0.15, 0.2) is 17.4 Å². The van der Waals surface area contributed by atoms with E-state index in [0.717, 1.165) is 36.7 Å². The number of carbonyl (C=O) groups excluding carboxylic acids is 2. The molecule has 6 nitrogen and oxygen atoms in total. The van der Waals surface area contributed by atoms with Crippen molar-refractivity contribution in [1.29, 1.82) is 0 Å². The van der Waals surface area contributed by atoms with Gasteiger partial charge < -0.3 is 9.80 Å². The zero-order chi connectivity index (χ0) is 20.9. The smallest absolute Gasteiger partial charge is 0.325 e. The molecule has 2 heterocycles. The van der Waals surface area contributed by atoms with Crippen LogP contribution in [0.5, 0.6) is 0 Å². The van der Waals surface area contributed by atoms with Crippen molar-refractivity contribution in [2.24, 2.45) is 4.99 Å². The second-order valence-electron chi connectivity index (χ2n) is 7.54. The van der Waals surface area contributed by atoms with Gasteiger partial charge in [-0.25, -0.2) is 9.79 Å². The van der Waals surface area contributed by atoms with Gasteiger partial charge in [-0.3, -0.25) is 10.1 Å². The van der Waals surface area contributed by atoms with E-state index in [-0.39, 0.29) is 11.9 Å². The molecule has 0 spiro atoms. The molecule has 1 fully saturated rings. The molecule has 4 rings (SSSR count). The summed E-state index contributed by atoms with van der Waals surface area (Å²) in [6.07, 6.45) is 2.32. The van der Waals surface area contributed by atoms with Crippen molar-refractivity contribution in [3.63, 3.8) is 0 Å². The lowest BCUT2D eigenvalue weighted by atomic mass is 10.1. The van der Waals surface area contributed by atoms with Gasteiger partial charge in [-0.2, -0.15) is 0 Å². The van der Waals surface area contributed by atoms with Gasteiger partial charge in [0.2, 0.25) is 0 Å². The minimum atomic E-state index is -0.456. The number of benzene rings is 2. The molecule has 2 atom stereocenters. The molecular formula is C23H26N4O2S. The van der Waals surface area contributed by atoms with Gasteiger partial charge in [0.05, 0.1) is 0 Å². The third-order valence-electron chi connectivity index (χ3n) is 5.49. The Balaban J connectivity index is 1.44. The van der Waals surface area contributed by atoms with Crippen LogP contribution in [0.3, 0.4) is 0 Å². The third kappa shape index (κ3) is 4.51. The lowest BCUT2D eigenvalue weighted by molar-refractivity contribution is -0.127. The Kier molecular flexibility index (Phi) is 6.38. The van der Waals surface area contributed by atoms with E-state index in [2.05, 4.69) is 34.5 Å². The number of aliphatic imine (C=N–C) groups is 1. The molecule has 156 valence electrons. The summed E-state index contributed by atoms with van der Waals surface area (Å²) in [5, 5.41) is 3.32. The summed E-state index contributed by atoms with van der Waals surface area (Å²) in [7, 11) is 1.70. The van der Waals surface area contributed by atoms with E-state index in [1.807, 2.05) is 36.4 Å². The molecule has 2 unspecified atom stereocenters. The lowest BCUT2D eigenvalue weighted by Crippen LogP contribution is -2.63. The third-order valence-corrected chi connectivity index (χ3v) is 6.50. The van der Waals surface area contributed by atoms with Crippen molar-refractivity contribution in [3.8, 4) is 0 Å². The largest absolute Gasteiger partial charge is 0.336 e. The minimum Gasteiger partial charge on any atom is -0.336 e. The first-order valence-electron chi connectivity index (χ1n) is 10.3. The number of rotatable bonds is 7. The Morgan fingerprint density at radius 3 is 2.27 bits per heavy atom. The van der Waals surface area contributed by atoms with Crippen molar-refractivity contribution in [2.45, 2.75) is 31.5 Å². The normalized spacial score (nSPS) is 20.8. The van der Waals surface area contributed by atoms with Gasteiger partial charge in [0.1, 0.15) is 0 Å². The van der Waals surface area contributed by atoms with E-state index in [9.17, 15) is 9.59 Å². The fourth-order valence-corrected chi connectivity index (χ4v) is 4.93. The monoisotopic (exact) mass is 422 g/mol. The molecule has 2 aliphatic rings. The van der Waals surface area contributed by atoms with E-state index >= 15 is 0 Å². The molecule has 0 radical (unpaired) electrons. The number of likely N-dealkylation sites (N-methyl/N-ethyl adjacent to an activating group) is 1. The number of amidine groups is 1. The predicted octanol–water partition coefficient (Wildman–Crippen LogP) is 3.14. The molecule has 0 aliphatic carbocycles. The van der Waals surface area contributed by atoms with Crippen LogP contribution in [-0.2, 0) is 17.6 Å². The van der Waals surface area contributed by atoms with Crippen molar-refractivity contribution in [3.05, 3.63) is 71.8 Å². The first-order chi connectivity index (χ1) is 14.6. The summed E-state index contributed by atoms with van der Waals surface area (Å²) >= 11 is 1.66. The average molecular weight is 423 g/mol. The van der Waals surface area contributed by atoms with Gasteiger partial charge in [0, 0.05) is 19.3 Å². The molecule has 2 aromatic carbocycles. The lowest BCUT2D eigenvalue weighted by Gasteiger charge is -2.36. The van der Waals surface area contributed by atoms with Gasteiger partial charge in [-0.1, -0.05) is 72.4 Å². The molecule has 30 heavy (non-hydrogen) atoms. The number of thioether (sulfide) groups is 1. The quantitative estimate of drug-likeness (QED) is 0.745. The number of nitrogens with one attached hydrogen (secondary N) is 1. The summed E-state index contributed by atoms with van der Waals surface area (Å²) in [5.74, 6) is 0.613. The highest BCUT2D eigenvalue weighted by atomic mass is 32.2. The molecule has 2 aliphatic heterocycles. The number of hydrogen-bond acceptors (Lipinski definition) is 5. The van der Waals surface area contributed by atoms with Crippen LogP contribution in [0, 0.1) is 0 Å². The number of urea groups is 1. The summed E-state index contributed by atoms with van der Waals surface area (Å²) in [4.78, 5) is 33.1. The van der Waals surface area contributed by atoms with Crippen molar-refractivity contribution < 1.29 is 9.59 Å². The first-order valence-corrected chi connectivity index (χ1v) is 11.2. The number of hydrogen-bond donors (Lipinski definition) is 1. The Labute approximate surface area is 181 Å². The molecule has 0 saturated carbocycles. The topological polar surface area (TPSA) is 65.0 Å². The van der Waals surface area contributed by atoms with Crippen LogP contribution < -0.4 is 5.32 Å². The molecule has 1 N–H and O–H groups in total. The maximum absolute atomic E-state index is 12.6. The summed E-state index contributed by atoms with van der Waals surface area (Å²) < 4.78 is 0. The van der Waals surface area contributed by atoms with Crippen molar-refractivity contribution >= 4 is 28.9 Å². The minimum absolute atomic E-state index is 0.259. The van der Waals surface area contributed by atoms with E-state index in [0.29, 0.717) is 0 Å². The van der Waals surface area contributed by atoms with Gasteiger partial charge in [-0.05, 0) is 30.4 Å². The average Bonchev–Trinajstić information content (AvgIpc) is 3.13. The zero-order valence-electron chi connectivity index (χ0n) is 17.0. The maximum atomic E-state index is 12.6. The van der Waals surface area contributed by atoms with Gasteiger partial charge in [-0.15, -0.1) is 0 Å². The SMILES string of the molecule is CN1C(=O)NC(=O)C2C1N=C(SCCc1ccccc1)N2CCCc1ccccc1. The number of nitrogens with zero attached hydrogens (tertiary/aromatic N) is 3. The molecule has 3 amide bonds. The van der Waals surface area contributed by atoms with Crippen molar-refractivity contribution in [1.82, 2.24) is 15.1 Å². The summed E-state index contributed by atoms with van der Waals surface area (Å²) in [5.41, 5.74) is 2.56. The van der Waals surface area contributed by atoms with Crippen LogP contribution in [0.2, 0.25) is 0 Å². The number of imide groups is 1. The Morgan fingerprint density at radius 2 is 1.60 bits per heavy atom. The van der Waals surface area contributed by atoms with E-state index in [4.69, 9.17) is 4.99 Å². The van der Waals surface area contributed by atoms with Crippen LogP contribution in [0.25, 0.3) is 0 Å². The number of carbonyl (C=O) groups is 2. The number of aryl methyl sites for hydroxylation is 2. The zero-order valence-corrected chi connectivity index (χ0v) is 17.8. The standard InChI is InChI=1S/C23H26N4O2S/c1-26-20-19(21(28)25-22(26)29)27(15-8-13-17-9-4-2-5-10-17)23(24-20)30-16-14-18-11-6-3-7-12-18/h2-7,9-12,19-20H,8,13-16H2,1H3,(H,25,28,29). The van der Waals surface area contributed by atoms with Gasteiger partial charge >= 0.3 is 6.03 Å². The fraction of sp³-hybridized carbons (Fsp3) is 0.348. The van der Waals surface area contributed by atoms with E-state index in [1.54, 1.807) is 18.8 Å². The molecule has 0 bridgehead atoms. The molecule has 0 aromatic heterocycles. The van der Waals surface area contributed by atoms with Crippen LogP contribution in [-0.4, -0.2) is 58.5 Å². The fourth-order valence-electron chi connectivity index (χ4n) is 3.86. The second kappa shape index (κ2) is 9.34. The Morgan fingerprint density at radius 1 is 0.967 bits per heavy atom. The molecule has 7 heteroatoms. The number of fused-ring (bicyclic) bond motifs is 1. The van der Waals surface area contributed by atoms with E-state index < -0.39 is 12.2 Å². The van der Waals surface area contributed by atoms with Crippen LogP contribution in [0.4, 0.5) is 4.79 Å². The molecule has 1 saturated heterocycles. The highest BCUT2D eigenvalue weighted by Crippen LogP contribution is 2.29. The first kappa shape index (κ1) is 20.5. The Bertz CT molecular complexity index is 919. The van der Waals surface area contributed by atoms with Crippen molar-refractivity contribution in [2.75, 3.05) is 19.3 Å².